The molecular weight excluding hydrogens is 495 g/mol. The second-order valence-electron chi connectivity index (χ2n) is 7.47. The first-order valence-electron chi connectivity index (χ1n) is 10.1. The van der Waals surface area contributed by atoms with Gasteiger partial charge in [0, 0.05) is 37.0 Å². The lowest BCUT2D eigenvalue weighted by atomic mass is 9.88. The lowest BCUT2D eigenvalue weighted by molar-refractivity contribution is 0.125. The number of piperidine rings is 1. The summed E-state index contributed by atoms with van der Waals surface area (Å²) >= 11 is 1.85. The molecule has 7 heteroatoms. The minimum absolute atomic E-state index is 0. The molecule has 2 heterocycles. The van der Waals surface area contributed by atoms with Crippen LogP contribution >= 0.6 is 35.3 Å². The van der Waals surface area contributed by atoms with Gasteiger partial charge >= 0.3 is 0 Å². The van der Waals surface area contributed by atoms with Crippen LogP contribution < -0.4 is 10.6 Å². The average molecular weight is 529 g/mol. The fraction of sp³-hybridized carbons (Fsp3) is 0.500. The van der Waals surface area contributed by atoms with Crippen molar-refractivity contribution in [3.8, 4) is 0 Å². The highest BCUT2D eigenvalue weighted by Gasteiger charge is 2.31. The molecule has 1 aromatic carbocycles. The number of aliphatic imine (C=N–C) groups is 1. The first kappa shape index (κ1) is 24.1. The maximum atomic E-state index is 9.76. The number of rotatable bonds is 7. The van der Waals surface area contributed by atoms with Crippen molar-refractivity contribution in [2.75, 3.05) is 40.3 Å². The zero-order valence-electron chi connectivity index (χ0n) is 17.3. The summed E-state index contributed by atoms with van der Waals surface area (Å²) in [4.78, 5) is 8.31. The highest BCUT2D eigenvalue weighted by Crippen LogP contribution is 2.36. The Bertz CT molecular complexity index is 726. The van der Waals surface area contributed by atoms with Crippen molar-refractivity contribution in [1.29, 1.82) is 0 Å². The van der Waals surface area contributed by atoms with E-state index in [2.05, 4.69) is 57.2 Å². The summed E-state index contributed by atoms with van der Waals surface area (Å²) in [6, 6.07) is 15.0. The molecule has 0 aliphatic carbocycles. The van der Waals surface area contributed by atoms with Crippen molar-refractivity contribution in [2.45, 2.75) is 24.8 Å². The van der Waals surface area contributed by atoms with Crippen LogP contribution in [0.1, 0.15) is 35.2 Å². The molecule has 0 radical (unpaired) electrons. The van der Waals surface area contributed by atoms with E-state index in [0.717, 1.165) is 24.6 Å². The Hall–Kier alpha value is -1.16. The van der Waals surface area contributed by atoms with Crippen LogP contribution in [0.4, 0.5) is 0 Å². The molecule has 0 spiro atoms. The number of likely N-dealkylation sites (tertiary alicyclic amines) is 1. The minimum Gasteiger partial charge on any atom is -0.396 e. The van der Waals surface area contributed by atoms with Gasteiger partial charge < -0.3 is 15.7 Å². The number of aliphatic hydroxyl groups is 1. The number of nitrogens with one attached hydrogen (secondary N) is 2. The van der Waals surface area contributed by atoms with Gasteiger partial charge in [-0.05, 0) is 49.4 Å². The summed E-state index contributed by atoms with van der Waals surface area (Å²) in [5.41, 5.74) is 1.14. The van der Waals surface area contributed by atoms with Crippen molar-refractivity contribution in [3.05, 3.63) is 58.3 Å². The molecule has 3 rings (SSSR count). The normalized spacial score (nSPS) is 21.3. The molecule has 29 heavy (non-hydrogen) atoms. The summed E-state index contributed by atoms with van der Waals surface area (Å²) in [5, 5.41) is 18.8. The standard InChI is InChI=1S/C22H32N4OS.HI/c1-23-22(25-15-19(16-27)17-8-4-3-5-9-17)24-14-18-10-6-12-26(2)21(18)20-11-7-13-28-20;/h3-5,7-9,11,13,18-19,21,27H,6,10,12,14-16H2,1-2H3,(H2,23,24,25);1H. The van der Waals surface area contributed by atoms with E-state index in [1.54, 1.807) is 7.05 Å². The fourth-order valence-electron chi connectivity index (χ4n) is 4.06. The van der Waals surface area contributed by atoms with Crippen LogP contribution in [-0.2, 0) is 0 Å². The summed E-state index contributed by atoms with van der Waals surface area (Å²) in [7, 11) is 4.03. The van der Waals surface area contributed by atoms with Crippen LogP contribution in [0.5, 0.6) is 0 Å². The van der Waals surface area contributed by atoms with E-state index < -0.39 is 0 Å². The van der Waals surface area contributed by atoms with E-state index in [4.69, 9.17) is 0 Å². The Morgan fingerprint density at radius 3 is 2.69 bits per heavy atom. The molecule has 1 aliphatic rings. The number of hydrogen-bond acceptors (Lipinski definition) is 4. The average Bonchev–Trinajstić information content (AvgIpc) is 3.25. The predicted molar refractivity (Wildman–Crippen MR) is 133 cm³/mol. The lowest BCUT2D eigenvalue weighted by Gasteiger charge is -2.39. The van der Waals surface area contributed by atoms with E-state index in [9.17, 15) is 5.11 Å². The van der Waals surface area contributed by atoms with Gasteiger partial charge in [0.1, 0.15) is 0 Å². The molecular formula is C22H33IN4OS. The number of thiophene rings is 1. The smallest absolute Gasteiger partial charge is 0.191 e. The van der Waals surface area contributed by atoms with Crippen LogP contribution in [0.25, 0.3) is 0 Å². The second-order valence-corrected chi connectivity index (χ2v) is 8.45. The maximum absolute atomic E-state index is 9.76. The van der Waals surface area contributed by atoms with Gasteiger partial charge in [-0.1, -0.05) is 36.4 Å². The van der Waals surface area contributed by atoms with E-state index in [1.165, 1.54) is 17.7 Å². The Morgan fingerprint density at radius 2 is 2.03 bits per heavy atom. The van der Waals surface area contributed by atoms with E-state index in [-0.39, 0.29) is 36.5 Å². The third-order valence-electron chi connectivity index (χ3n) is 5.60. The number of nitrogens with zero attached hydrogens (tertiary/aromatic N) is 2. The number of hydrogen-bond donors (Lipinski definition) is 3. The number of benzene rings is 1. The first-order chi connectivity index (χ1) is 13.7. The molecule has 0 amide bonds. The molecule has 2 aromatic rings. The molecule has 0 bridgehead atoms. The van der Waals surface area contributed by atoms with Crippen LogP contribution in [0.15, 0.2) is 52.8 Å². The monoisotopic (exact) mass is 528 g/mol. The molecule has 3 unspecified atom stereocenters. The third kappa shape index (κ3) is 6.67. The first-order valence-corrected chi connectivity index (χ1v) is 10.9. The van der Waals surface area contributed by atoms with Crippen LogP contribution in [-0.4, -0.2) is 56.3 Å². The lowest BCUT2D eigenvalue weighted by Crippen LogP contribution is -2.45. The fourth-order valence-corrected chi connectivity index (χ4v) is 5.05. The molecule has 1 fully saturated rings. The molecule has 3 atom stereocenters. The molecule has 160 valence electrons. The number of halogens is 1. The Labute approximate surface area is 195 Å². The second kappa shape index (κ2) is 12.5. The predicted octanol–water partition coefficient (Wildman–Crippen LogP) is 3.69. The van der Waals surface area contributed by atoms with E-state index in [0.29, 0.717) is 18.5 Å². The Balaban J connectivity index is 0.00000300. The van der Waals surface area contributed by atoms with Crippen molar-refractivity contribution in [1.82, 2.24) is 15.5 Å². The third-order valence-corrected chi connectivity index (χ3v) is 6.55. The van der Waals surface area contributed by atoms with Gasteiger partial charge in [-0.25, -0.2) is 0 Å². The molecule has 3 N–H and O–H groups in total. The highest BCUT2D eigenvalue weighted by molar-refractivity contribution is 14.0. The van der Waals surface area contributed by atoms with Gasteiger partial charge in [-0.2, -0.15) is 0 Å². The van der Waals surface area contributed by atoms with Gasteiger partial charge in [-0.3, -0.25) is 9.89 Å². The molecule has 1 aliphatic heterocycles. The van der Waals surface area contributed by atoms with Gasteiger partial charge in [-0.15, -0.1) is 35.3 Å². The van der Waals surface area contributed by atoms with Crippen molar-refractivity contribution in [2.24, 2.45) is 10.9 Å². The largest absolute Gasteiger partial charge is 0.396 e. The van der Waals surface area contributed by atoms with Crippen LogP contribution in [0.3, 0.4) is 0 Å². The van der Waals surface area contributed by atoms with Crippen LogP contribution in [0.2, 0.25) is 0 Å². The van der Waals surface area contributed by atoms with E-state index >= 15 is 0 Å². The number of aliphatic hydroxyl groups excluding tert-OH is 1. The number of guanidine groups is 1. The minimum atomic E-state index is 0. The summed E-state index contributed by atoms with van der Waals surface area (Å²) < 4.78 is 0. The summed E-state index contributed by atoms with van der Waals surface area (Å²) in [6.45, 7) is 2.81. The topological polar surface area (TPSA) is 59.9 Å². The Kier molecular flexibility index (Phi) is 10.4. The van der Waals surface area contributed by atoms with Gasteiger partial charge in [0.2, 0.25) is 0 Å². The highest BCUT2D eigenvalue weighted by atomic mass is 127. The van der Waals surface area contributed by atoms with Crippen molar-refractivity contribution >= 4 is 41.3 Å². The van der Waals surface area contributed by atoms with Gasteiger partial charge in [0.25, 0.3) is 0 Å². The quantitative estimate of drug-likeness (QED) is 0.292. The van der Waals surface area contributed by atoms with Crippen molar-refractivity contribution in [3.63, 3.8) is 0 Å². The molecule has 5 nitrogen and oxygen atoms in total. The van der Waals surface area contributed by atoms with E-state index in [1.807, 2.05) is 29.5 Å². The molecule has 1 aromatic heterocycles. The SMILES string of the molecule is CN=C(NCC(CO)c1ccccc1)NCC1CCCN(C)C1c1cccs1.I. The zero-order chi connectivity index (χ0) is 19.8. The molecule has 1 saturated heterocycles. The van der Waals surface area contributed by atoms with Crippen molar-refractivity contribution < 1.29 is 5.11 Å². The van der Waals surface area contributed by atoms with Gasteiger partial charge in [0.15, 0.2) is 5.96 Å². The zero-order valence-corrected chi connectivity index (χ0v) is 20.4. The van der Waals surface area contributed by atoms with Gasteiger partial charge in [0.05, 0.1) is 6.61 Å². The van der Waals surface area contributed by atoms with Crippen LogP contribution in [0, 0.1) is 5.92 Å². The molecule has 0 saturated carbocycles. The Morgan fingerprint density at radius 1 is 1.24 bits per heavy atom. The summed E-state index contributed by atoms with van der Waals surface area (Å²) in [6.07, 6.45) is 2.46. The summed E-state index contributed by atoms with van der Waals surface area (Å²) in [5.74, 6) is 1.41. The maximum Gasteiger partial charge on any atom is 0.191 e.